The van der Waals surface area contributed by atoms with Crippen molar-refractivity contribution >= 4 is 28.8 Å². The van der Waals surface area contributed by atoms with Gasteiger partial charge < -0.3 is 18.8 Å². The van der Waals surface area contributed by atoms with Crippen LogP contribution >= 0.6 is 23.2 Å². The highest BCUT2D eigenvalue weighted by molar-refractivity contribution is 6.33. The third kappa shape index (κ3) is 4.59. The molecule has 0 spiro atoms. The molecule has 0 aliphatic carbocycles. The lowest BCUT2D eigenvalue weighted by molar-refractivity contribution is -0.137. The summed E-state index contributed by atoms with van der Waals surface area (Å²) in [5.74, 6) is 0.419. The van der Waals surface area contributed by atoms with E-state index in [1.54, 1.807) is 19.1 Å². The van der Waals surface area contributed by atoms with Gasteiger partial charge in [-0.1, -0.05) is 28.4 Å². The molecule has 1 atom stereocenters. The molecule has 3 heterocycles. The monoisotopic (exact) mass is 497 g/mol. The number of hydrogen-bond donors (Lipinski definition) is 1. The van der Waals surface area contributed by atoms with Gasteiger partial charge in [-0.15, -0.1) is 0 Å². The van der Waals surface area contributed by atoms with Crippen LogP contribution < -0.4 is 4.74 Å². The molecule has 1 aromatic carbocycles. The Labute approximate surface area is 193 Å². The molecule has 3 aromatic heterocycles. The first-order valence-corrected chi connectivity index (χ1v) is 9.93. The van der Waals surface area contributed by atoms with Gasteiger partial charge in [0.2, 0.25) is 5.82 Å². The van der Waals surface area contributed by atoms with Gasteiger partial charge in [-0.25, -0.2) is 4.98 Å². The topological polar surface area (TPSA) is 109 Å². The molecule has 0 radical (unpaired) electrons. The van der Waals surface area contributed by atoms with E-state index in [0.29, 0.717) is 16.9 Å². The molecule has 0 fully saturated rings. The maximum Gasteiger partial charge on any atom is 0.417 e. The predicted octanol–water partition coefficient (Wildman–Crippen LogP) is 4.95. The second-order valence-corrected chi connectivity index (χ2v) is 7.72. The quantitative estimate of drug-likeness (QED) is 0.388. The third-order valence-electron chi connectivity index (χ3n) is 4.53. The number of imidazole rings is 1. The Morgan fingerprint density at radius 2 is 1.97 bits per heavy atom. The van der Waals surface area contributed by atoms with Crippen LogP contribution in [0.5, 0.6) is 5.75 Å². The van der Waals surface area contributed by atoms with Crippen LogP contribution in [0.2, 0.25) is 10.0 Å². The highest BCUT2D eigenvalue weighted by Gasteiger charge is 2.32. The lowest BCUT2D eigenvalue weighted by Gasteiger charge is -2.11. The van der Waals surface area contributed by atoms with Crippen LogP contribution in [-0.2, 0) is 6.18 Å². The maximum atomic E-state index is 13.0. The van der Waals surface area contributed by atoms with E-state index >= 15 is 0 Å². The van der Waals surface area contributed by atoms with Crippen LogP contribution in [0.15, 0.2) is 35.1 Å². The van der Waals surface area contributed by atoms with Crippen molar-refractivity contribution in [3.63, 3.8) is 0 Å². The number of rotatable bonds is 5. The van der Waals surface area contributed by atoms with E-state index in [2.05, 4.69) is 15.1 Å². The molecule has 0 aliphatic heterocycles. The summed E-state index contributed by atoms with van der Waals surface area (Å²) in [6.45, 7) is 1.49. The summed E-state index contributed by atoms with van der Waals surface area (Å²) in [4.78, 5) is 8.42. The average molecular weight is 498 g/mol. The normalized spacial score (nSPS) is 12.7. The summed E-state index contributed by atoms with van der Waals surface area (Å²) in [6.07, 6.45) is -3.71. The second kappa shape index (κ2) is 8.55. The number of aliphatic hydroxyl groups excluding tert-OH is 1. The van der Waals surface area contributed by atoms with Crippen molar-refractivity contribution in [3.05, 3.63) is 51.8 Å². The van der Waals surface area contributed by atoms with Crippen LogP contribution in [0.1, 0.15) is 11.1 Å². The number of nitriles is 1. The maximum absolute atomic E-state index is 13.0. The number of alkyl halides is 3. The summed E-state index contributed by atoms with van der Waals surface area (Å²) in [5, 5.41) is 21.9. The zero-order valence-corrected chi connectivity index (χ0v) is 18.1. The van der Waals surface area contributed by atoms with E-state index in [1.165, 1.54) is 12.3 Å². The van der Waals surface area contributed by atoms with Gasteiger partial charge in [-0.2, -0.15) is 23.4 Å². The Bertz CT molecular complexity index is 1390. The number of hydrogen-bond acceptors (Lipinski definition) is 7. The van der Waals surface area contributed by atoms with Gasteiger partial charge in [-0.3, -0.25) is 0 Å². The molecule has 1 unspecified atom stereocenters. The first-order chi connectivity index (χ1) is 15.6. The van der Waals surface area contributed by atoms with Gasteiger partial charge in [0.25, 0.3) is 5.89 Å². The first kappa shape index (κ1) is 22.8. The van der Waals surface area contributed by atoms with Crippen LogP contribution in [0.4, 0.5) is 13.2 Å². The highest BCUT2D eigenvalue weighted by Crippen LogP contribution is 2.35. The van der Waals surface area contributed by atoms with Crippen molar-refractivity contribution in [3.8, 4) is 34.8 Å². The van der Waals surface area contributed by atoms with Crippen molar-refractivity contribution in [2.24, 2.45) is 0 Å². The van der Waals surface area contributed by atoms with Crippen LogP contribution in [0.3, 0.4) is 0 Å². The van der Waals surface area contributed by atoms with E-state index in [1.807, 2.05) is 0 Å². The predicted molar refractivity (Wildman–Crippen MR) is 111 cm³/mol. The summed E-state index contributed by atoms with van der Waals surface area (Å²) in [7, 11) is 0. The molecule has 0 amide bonds. The molecule has 1 N–H and O–H groups in total. The van der Waals surface area contributed by atoms with Crippen molar-refractivity contribution in [2.75, 3.05) is 6.61 Å². The first-order valence-electron chi connectivity index (χ1n) is 9.17. The number of benzene rings is 1. The Morgan fingerprint density at radius 1 is 1.21 bits per heavy atom. The van der Waals surface area contributed by atoms with Crippen LogP contribution in [-0.4, -0.2) is 37.3 Å². The molecule has 13 heteroatoms. The minimum Gasteiger partial charge on any atom is -0.489 e. The molecule has 0 saturated heterocycles. The lowest BCUT2D eigenvalue weighted by Crippen LogP contribution is -2.15. The average Bonchev–Trinajstić information content (AvgIpc) is 3.40. The number of pyridine rings is 1. The van der Waals surface area contributed by atoms with Gasteiger partial charge >= 0.3 is 6.18 Å². The molecule has 4 rings (SSSR count). The summed E-state index contributed by atoms with van der Waals surface area (Å²) in [5.41, 5.74) is 0.313. The molecular weight excluding hydrogens is 486 g/mol. The van der Waals surface area contributed by atoms with Crippen LogP contribution in [0.25, 0.3) is 28.6 Å². The van der Waals surface area contributed by atoms with Crippen molar-refractivity contribution in [2.45, 2.75) is 19.2 Å². The number of aromatic nitrogens is 4. The van der Waals surface area contributed by atoms with E-state index in [-0.39, 0.29) is 39.7 Å². The van der Waals surface area contributed by atoms with E-state index in [4.69, 9.17) is 37.7 Å². The van der Waals surface area contributed by atoms with Gasteiger partial charge in [0.15, 0.2) is 11.8 Å². The van der Waals surface area contributed by atoms with Crippen molar-refractivity contribution in [1.82, 2.24) is 19.5 Å². The summed E-state index contributed by atoms with van der Waals surface area (Å²) < 4.78 is 50.9. The Kier molecular flexibility index (Phi) is 5.92. The Morgan fingerprint density at radius 3 is 2.67 bits per heavy atom. The lowest BCUT2D eigenvalue weighted by atomic mass is 10.1. The summed E-state index contributed by atoms with van der Waals surface area (Å²) in [6, 6.07) is 5.54. The number of halogens is 5. The molecular formula is C20H12Cl2F3N5O3. The van der Waals surface area contributed by atoms with Gasteiger partial charge in [-0.05, 0) is 30.7 Å². The molecule has 0 saturated carbocycles. The molecule has 8 nitrogen and oxygen atoms in total. The smallest absolute Gasteiger partial charge is 0.417 e. The zero-order valence-electron chi connectivity index (χ0n) is 16.6. The highest BCUT2D eigenvalue weighted by atomic mass is 35.5. The summed E-state index contributed by atoms with van der Waals surface area (Å²) >= 11 is 12.3. The zero-order chi connectivity index (χ0) is 23.9. The molecule has 0 aliphatic rings. The number of fused-ring (bicyclic) bond motifs is 1. The minimum absolute atomic E-state index is 0.0514. The fourth-order valence-electron chi connectivity index (χ4n) is 2.95. The third-order valence-corrected chi connectivity index (χ3v) is 5.12. The second-order valence-electron chi connectivity index (χ2n) is 6.91. The van der Waals surface area contributed by atoms with E-state index in [9.17, 15) is 18.3 Å². The molecule has 170 valence electrons. The van der Waals surface area contributed by atoms with Crippen molar-refractivity contribution in [1.29, 1.82) is 5.26 Å². The standard InChI is InChI=1S/C20H12Cl2F3N5O3/c1-9-2-12(13(21)4-16(9)32-8-11(31)5-26)17-28-19(33-29-17)15-7-30-6-10(20(23,24)25)3-14(22)18(30)27-15/h2-4,6-7,11,31H,8H2,1H3. The molecule has 4 aromatic rings. The Hall–Kier alpha value is -3.33. The number of aliphatic hydroxyl groups is 1. The number of aryl methyl sites for hydroxylation is 1. The number of nitrogens with zero attached hydrogens (tertiary/aromatic N) is 5. The van der Waals surface area contributed by atoms with Crippen molar-refractivity contribution < 1.29 is 27.5 Å². The fraction of sp³-hybridized carbons (Fsp3) is 0.200. The van der Waals surface area contributed by atoms with E-state index < -0.39 is 17.8 Å². The Balaban J connectivity index is 1.66. The fourth-order valence-corrected chi connectivity index (χ4v) is 3.44. The van der Waals surface area contributed by atoms with Crippen LogP contribution in [0, 0.1) is 18.3 Å². The molecule has 33 heavy (non-hydrogen) atoms. The largest absolute Gasteiger partial charge is 0.489 e. The van der Waals surface area contributed by atoms with Gasteiger partial charge in [0.05, 0.1) is 21.7 Å². The SMILES string of the molecule is Cc1cc(-c2noc(-c3cn4cc(C(F)(F)F)cc(Cl)c4n3)n2)c(Cl)cc1OCC(O)C#N. The molecule has 0 bridgehead atoms. The van der Waals surface area contributed by atoms with Gasteiger partial charge in [0, 0.05) is 18.0 Å². The minimum atomic E-state index is -4.57. The number of ether oxygens (including phenoxy) is 1. The van der Waals surface area contributed by atoms with Gasteiger partial charge in [0.1, 0.15) is 18.1 Å². The van der Waals surface area contributed by atoms with E-state index in [0.717, 1.165) is 16.7 Å².